The van der Waals surface area contributed by atoms with E-state index >= 15 is 0 Å². The third-order valence-electron chi connectivity index (χ3n) is 4.72. The van der Waals surface area contributed by atoms with Crippen LogP contribution in [0.3, 0.4) is 0 Å². The van der Waals surface area contributed by atoms with Crippen LogP contribution in [0, 0.1) is 24.0 Å². The zero-order valence-corrected chi connectivity index (χ0v) is 16.0. The van der Waals surface area contributed by atoms with Crippen molar-refractivity contribution in [1.29, 1.82) is 0 Å². The van der Waals surface area contributed by atoms with Crippen molar-refractivity contribution in [2.75, 3.05) is 0 Å². The Hall–Kier alpha value is -3.48. The second-order valence-corrected chi connectivity index (χ2v) is 6.74. The van der Waals surface area contributed by atoms with Crippen LogP contribution in [0.1, 0.15) is 45.8 Å². The Kier molecular flexibility index (Phi) is 5.54. The Bertz CT molecular complexity index is 994. The molecule has 3 rings (SSSR count). The molecule has 7 nitrogen and oxygen atoms in total. The average molecular weight is 378 g/mol. The van der Waals surface area contributed by atoms with Crippen LogP contribution in [0.25, 0.3) is 0 Å². The summed E-state index contributed by atoms with van der Waals surface area (Å²) >= 11 is 0. The number of hydrogen-bond donors (Lipinski definition) is 1. The number of nitro groups is 1. The predicted molar refractivity (Wildman–Crippen MR) is 106 cm³/mol. The van der Waals surface area contributed by atoms with Crippen molar-refractivity contribution in [1.82, 2.24) is 15.1 Å². The number of amides is 1. The van der Waals surface area contributed by atoms with Crippen molar-refractivity contribution in [3.63, 3.8) is 0 Å². The van der Waals surface area contributed by atoms with Gasteiger partial charge in [0.15, 0.2) is 0 Å². The largest absolute Gasteiger partial charge is 0.346 e. The van der Waals surface area contributed by atoms with Gasteiger partial charge in [-0.05, 0) is 44.0 Å². The first-order valence-corrected chi connectivity index (χ1v) is 9.00. The lowest BCUT2D eigenvalue weighted by atomic mass is 10.1. The van der Waals surface area contributed by atoms with E-state index in [1.165, 1.54) is 0 Å². The summed E-state index contributed by atoms with van der Waals surface area (Å²) < 4.78 is 1.61. The van der Waals surface area contributed by atoms with Crippen LogP contribution in [-0.2, 0) is 6.54 Å². The third-order valence-corrected chi connectivity index (χ3v) is 4.72. The molecule has 0 saturated carbocycles. The van der Waals surface area contributed by atoms with E-state index in [0.29, 0.717) is 23.5 Å². The molecule has 0 spiro atoms. The molecule has 1 heterocycles. The van der Waals surface area contributed by atoms with Crippen molar-refractivity contribution in [2.45, 2.75) is 33.4 Å². The van der Waals surface area contributed by atoms with Crippen molar-refractivity contribution in [3.8, 4) is 0 Å². The minimum Gasteiger partial charge on any atom is -0.346 e. The van der Waals surface area contributed by atoms with Gasteiger partial charge in [0.2, 0.25) is 0 Å². The molecule has 7 heteroatoms. The summed E-state index contributed by atoms with van der Waals surface area (Å²) in [5.41, 5.74) is 3.47. The van der Waals surface area contributed by atoms with Crippen LogP contribution in [0.2, 0.25) is 0 Å². The molecule has 0 unspecified atom stereocenters. The minimum absolute atomic E-state index is 0.0471. The Morgan fingerprint density at radius 2 is 1.79 bits per heavy atom. The second kappa shape index (κ2) is 8.04. The van der Waals surface area contributed by atoms with Gasteiger partial charge in [0.25, 0.3) is 5.91 Å². The smallest absolute Gasteiger partial charge is 0.312 e. The van der Waals surface area contributed by atoms with E-state index in [0.717, 1.165) is 11.1 Å². The van der Waals surface area contributed by atoms with Crippen molar-refractivity contribution in [2.24, 2.45) is 0 Å². The molecule has 1 aromatic heterocycles. The Balaban J connectivity index is 1.69. The summed E-state index contributed by atoms with van der Waals surface area (Å²) in [5, 5.41) is 18.4. The summed E-state index contributed by atoms with van der Waals surface area (Å²) in [5.74, 6) is -0.148. The maximum atomic E-state index is 12.5. The summed E-state index contributed by atoms with van der Waals surface area (Å²) in [4.78, 5) is 23.2. The maximum Gasteiger partial charge on any atom is 0.312 e. The monoisotopic (exact) mass is 378 g/mol. The first kappa shape index (κ1) is 19.3. The molecule has 1 amide bonds. The normalized spacial score (nSPS) is 11.8. The lowest BCUT2D eigenvalue weighted by molar-refractivity contribution is -0.386. The van der Waals surface area contributed by atoms with Gasteiger partial charge < -0.3 is 5.32 Å². The van der Waals surface area contributed by atoms with Crippen LogP contribution in [0.5, 0.6) is 0 Å². The molecule has 0 radical (unpaired) electrons. The van der Waals surface area contributed by atoms with Gasteiger partial charge in [-0.25, -0.2) is 0 Å². The molecule has 1 atom stereocenters. The van der Waals surface area contributed by atoms with E-state index < -0.39 is 4.92 Å². The fraction of sp³-hybridized carbons (Fsp3) is 0.238. The van der Waals surface area contributed by atoms with Crippen LogP contribution < -0.4 is 5.32 Å². The zero-order chi connectivity index (χ0) is 20.3. The van der Waals surface area contributed by atoms with Gasteiger partial charge in [-0.15, -0.1) is 0 Å². The average Bonchev–Trinajstić information content (AvgIpc) is 2.96. The zero-order valence-electron chi connectivity index (χ0n) is 16.0. The van der Waals surface area contributed by atoms with Gasteiger partial charge in [0.1, 0.15) is 11.4 Å². The first-order valence-electron chi connectivity index (χ1n) is 9.00. The molecule has 144 valence electrons. The lowest BCUT2D eigenvalue weighted by Crippen LogP contribution is -2.26. The standard InChI is InChI=1S/C21H22N4O3/c1-14(18-7-5-4-6-8-18)22-21(26)19-11-9-17(10-12-19)13-24-16(3)20(25(27)28)15(2)23-24/h4-12,14H,13H2,1-3H3,(H,22,26)/t14-/m0/s1. The number of aryl methyl sites for hydroxylation is 1. The predicted octanol–water partition coefficient (Wildman–Crippen LogP) is 3.95. The Morgan fingerprint density at radius 3 is 2.36 bits per heavy atom. The topological polar surface area (TPSA) is 90.1 Å². The number of benzene rings is 2. The molecule has 0 saturated heterocycles. The lowest BCUT2D eigenvalue weighted by Gasteiger charge is -2.14. The maximum absolute atomic E-state index is 12.5. The van der Waals surface area contributed by atoms with E-state index in [-0.39, 0.29) is 17.6 Å². The van der Waals surface area contributed by atoms with Gasteiger partial charge in [-0.3, -0.25) is 19.6 Å². The fourth-order valence-corrected chi connectivity index (χ4v) is 3.15. The van der Waals surface area contributed by atoms with Crippen LogP contribution in [-0.4, -0.2) is 20.6 Å². The van der Waals surface area contributed by atoms with Gasteiger partial charge in [-0.1, -0.05) is 42.5 Å². The molecule has 0 bridgehead atoms. The molecule has 0 aliphatic carbocycles. The third kappa shape index (κ3) is 4.09. The number of nitrogens with zero attached hydrogens (tertiary/aromatic N) is 3. The number of carbonyl (C=O) groups excluding carboxylic acids is 1. The molecule has 0 aliphatic rings. The SMILES string of the molecule is Cc1nn(Cc2ccc(C(=O)N[C@@H](C)c3ccccc3)cc2)c(C)c1[N+](=O)[O-]. The first-order chi connectivity index (χ1) is 13.4. The van der Waals surface area contributed by atoms with Gasteiger partial charge >= 0.3 is 5.69 Å². The Labute approximate surface area is 163 Å². The van der Waals surface area contributed by atoms with E-state index in [2.05, 4.69) is 10.4 Å². The summed E-state index contributed by atoms with van der Waals surface area (Å²) in [6, 6.07) is 16.9. The number of carbonyl (C=O) groups is 1. The van der Waals surface area contributed by atoms with E-state index in [9.17, 15) is 14.9 Å². The molecular formula is C21H22N4O3. The van der Waals surface area contributed by atoms with E-state index in [4.69, 9.17) is 0 Å². The van der Waals surface area contributed by atoms with E-state index in [1.807, 2.05) is 49.4 Å². The number of rotatable bonds is 6. The highest BCUT2D eigenvalue weighted by atomic mass is 16.6. The molecule has 3 aromatic rings. The Morgan fingerprint density at radius 1 is 1.14 bits per heavy atom. The van der Waals surface area contributed by atoms with Crippen molar-refractivity contribution < 1.29 is 9.72 Å². The number of nitrogens with one attached hydrogen (secondary N) is 1. The molecule has 1 N–H and O–H groups in total. The van der Waals surface area contributed by atoms with Crippen LogP contribution in [0.4, 0.5) is 5.69 Å². The van der Waals surface area contributed by atoms with Gasteiger partial charge in [0, 0.05) is 5.56 Å². The van der Waals surface area contributed by atoms with E-state index in [1.54, 1.807) is 30.7 Å². The molecule has 0 aliphatic heterocycles. The van der Waals surface area contributed by atoms with Crippen molar-refractivity contribution >= 4 is 11.6 Å². The second-order valence-electron chi connectivity index (χ2n) is 6.74. The molecule has 0 fully saturated rings. The summed E-state index contributed by atoms with van der Waals surface area (Å²) in [6.45, 7) is 5.66. The van der Waals surface area contributed by atoms with Crippen molar-refractivity contribution in [3.05, 3.63) is 92.8 Å². The highest BCUT2D eigenvalue weighted by Crippen LogP contribution is 2.22. The van der Waals surface area contributed by atoms with Crippen LogP contribution in [0.15, 0.2) is 54.6 Å². The highest BCUT2D eigenvalue weighted by Gasteiger charge is 2.21. The van der Waals surface area contributed by atoms with Gasteiger partial charge in [0.05, 0.1) is 17.5 Å². The summed E-state index contributed by atoms with van der Waals surface area (Å²) in [7, 11) is 0. The molecule has 28 heavy (non-hydrogen) atoms. The quantitative estimate of drug-likeness (QED) is 0.519. The van der Waals surface area contributed by atoms with Gasteiger partial charge in [-0.2, -0.15) is 5.10 Å². The summed E-state index contributed by atoms with van der Waals surface area (Å²) in [6.07, 6.45) is 0. The fourth-order valence-electron chi connectivity index (χ4n) is 3.15. The van der Waals surface area contributed by atoms with Crippen LogP contribution >= 0.6 is 0 Å². The number of hydrogen-bond acceptors (Lipinski definition) is 4. The molecule has 2 aromatic carbocycles. The molecular weight excluding hydrogens is 356 g/mol. The highest BCUT2D eigenvalue weighted by molar-refractivity contribution is 5.94. The number of aromatic nitrogens is 2. The minimum atomic E-state index is -0.407.